The van der Waals surface area contributed by atoms with E-state index in [1.165, 1.54) is 29.1 Å². The Morgan fingerprint density at radius 2 is 2.21 bits per heavy atom. The van der Waals surface area contributed by atoms with E-state index in [0.29, 0.717) is 6.04 Å². The first-order valence-electron chi connectivity index (χ1n) is 5.43. The molecule has 14 heavy (non-hydrogen) atoms. The van der Waals surface area contributed by atoms with Crippen molar-refractivity contribution in [3.05, 3.63) is 16.1 Å². The summed E-state index contributed by atoms with van der Waals surface area (Å²) >= 11 is 1.81. The monoisotopic (exact) mass is 212 g/mol. The molecule has 3 heteroatoms. The molecule has 0 spiro atoms. The van der Waals surface area contributed by atoms with Gasteiger partial charge in [-0.15, -0.1) is 11.3 Å². The molecule has 0 aliphatic rings. The number of nitrogens with one attached hydrogen (secondary N) is 1. The second-order valence-electron chi connectivity index (χ2n) is 3.58. The summed E-state index contributed by atoms with van der Waals surface area (Å²) in [5, 5.41) is 4.74. The summed E-state index contributed by atoms with van der Waals surface area (Å²) in [4.78, 5) is 5.69. The average molecular weight is 212 g/mol. The zero-order valence-electron chi connectivity index (χ0n) is 9.34. The fourth-order valence-corrected chi connectivity index (χ4v) is 2.39. The molecule has 2 nitrogen and oxygen atoms in total. The Balaban J connectivity index is 2.57. The molecular weight excluding hydrogens is 192 g/mol. The summed E-state index contributed by atoms with van der Waals surface area (Å²) in [5.41, 5.74) is 0. The smallest absolute Gasteiger partial charge is 0.0897 e. The average Bonchev–Trinajstić information content (AvgIpc) is 2.59. The molecule has 1 N–H and O–H groups in total. The Hall–Kier alpha value is -0.410. The molecule has 1 aromatic heterocycles. The molecule has 0 aliphatic carbocycles. The molecule has 0 aromatic carbocycles. The van der Waals surface area contributed by atoms with E-state index in [9.17, 15) is 0 Å². The molecule has 80 valence electrons. The van der Waals surface area contributed by atoms with Crippen LogP contribution in [0.15, 0.2) is 6.20 Å². The third-order valence-corrected chi connectivity index (χ3v) is 3.23. The molecule has 0 amide bonds. The number of nitrogens with zero attached hydrogens (tertiary/aromatic N) is 1. The molecule has 0 radical (unpaired) electrons. The van der Waals surface area contributed by atoms with Crippen molar-refractivity contribution in [2.75, 3.05) is 6.54 Å². The molecule has 1 unspecified atom stereocenters. The number of rotatable bonds is 6. The molecule has 0 aliphatic heterocycles. The highest BCUT2D eigenvalue weighted by molar-refractivity contribution is 7.11. The van der Waals surface area contributed by atoms with Gasteiger partial charge < -0.3 is 5.32 Å². The van der Waals surface area contributed by atoms with Crippen LogP contribution >= 0.6 is 11.3 Å². The van der Waals surface area contributed by atoms with Crippen molar-refractivity contribution in [1.29, 1.82) is 0 Å². The van der Waals surface area contributed by atoms with E-state index in [1.807, 2.05) is 17.5 Å². The summed E-state index contributed by atoms with van der Waals surface area (Å²) < 4.78 is 0. The van der Waals surface area contributed by atoms with Gasteiger partial charge in [0.15, 0.2) is 0 Å². The highest BCUT2D eigenvalue weighted by Gasteiger charge is 2.11. The molecule has 0 saturated heterocycles. The minimum Gasteiger partial charge on any atom is -0.309 e. The minimum absolute atomic E-state index is 0.520. The van der Waals surface area contributed by atoms with Crippen LogP contribution in [0.3, 0.4) is 0 Å². The first kappa shape index (κ1) is 11.7. The van der Waals surface area contributed by atoms with Crippen LogP contribution in [0, 0.1) is 6.92 Å². The van der Waals surface area contributed by atoms with E-state index in [1.54, 1.807) is 0 Å². The Labute approximate surface area is 90.8 Å². The van der Waals surface area contributed by atoms with Crippen molar-refractivity contribution < 1.29 is 0 Å². The van der Waals surface area contributed by atoms with Gasteiger partial charge in [0.05, 0.1) is 5.01 Å². The number of hydrogen-bond acceptors (Lipinski definition) is 3. The van der Waals surface area contributed by atoms with Gasteiger partial charge in [0, 0.05) is 17.1 Å². The van der Waals surface area contributed by atoms with E-state index >= 15 is 0 Å². The largest absolute Gasteiger partial charge is 0.309 e. The SMILES string of the molecule is CCCNC(CCC)c1cnc(C)s1. The number of thiazole rings is 1. The third kappa shape index (κ3) is 3.39. The minimum atomic E-state index is 0.520. The zero-order valence-corrected chi connectivity index (χ0v) is 10.2. The van der Waals surface area contributed by atoms with E-state index < -0.39 is 0 Å². The van der Waals surface area contributed by atoms with Crippen LogP contribution in [0.4, 0.5) is 0 Å². The Bertz CT molecular complexity index is 258. The van der Waals surface area contributed by atoms with E-state index in [0.717, 1.165) is 6.54 Å². The fraction of sp³-hybridized carbons (Fsp3) is 0.727. The predicted molar refractivity (Wildman–Crippen MR) is 62.8 cm³/mol. The van der Waals surface area contributed by atoms with Gasteiger partial charge in [-0.25, -0.2) is 4.98 Å². The summed E-state index contributed by atoms with van der Waals surface area (Å²) in [5.74, 6) is 0. The summed E-state index contributed by atoms with van der Waals surface area (Å²) in [6.45, 7) is 7.60. The van der Waals surface area contributed by atoms with Crippen LogP contribution in [-0.2, 0) is 0 Å². The maximum absolute atomic E-state index is 4.31. The Morgan fingerprint density at radius 3 is 2.71 bits per heavy atom. The van der Waals surface area contributed by atoms with Crippen LogP contribution in [0.2, 0.25) is 0 Å². The maximum atomic E-state index is 4.31. The van der Waals surface area contributed by atoms with Gasteiger partial charge in [-0.1, -0.05) is 20.3 Å². The van der Waals surface area contributed by atoms with Gasteiger partial charge in [0.25, 0.3) is 0 Å². The van der Waals surface area contributed by atoms with Crippen molar-refractivity contribution in [3.8, 4) is 0 Å². The summed E-state index contributed by atoms with van der Waals surface area (Å²) in [6.07, 6.45) is 5.64. The van der Waals surface area contributed by atoms with Crippen LogP contribution in [0.25, 0.3) is 0 Å². The van der Waals surface area contributed by atoms with Crippen LogP contribution in [0.5, 0.6) is 0 Å². The molecule has 1 heterocycles. The lowest BCUT2D eigenvalue weighted by atomic mass is 10.1. The van der Waals surface area contributed by atoms with Crippen molar-refractivity contribution in [3.63, 3.8) is 0 Å². The topological polar surface area (TPSA) is 24.9 Å². The lowest BCUT2D eigenvalue weighted by molar-refractivity contribution is 0.500. The second kappa shape index (κ2) is 6.14. The molecule has 0 saturated carbocycles. The van der Waals surface area contributed by atoms with Crippen molar-refractivity contribution >= 4 is 11.3 Å². The first-order valence-corrected chi connectivity index (χ1v) is 6.25. The third-order valence-electron chi connectivity index (χ3n) is 2.20. The molecule has 0 fully saturated rings. The lowest BCUT2D eigenvalue weighted by Gasteiger charge is -2.15. The van der Waals surface area contributed by atoms with Gasteiger partial charge in [-0.3, -0.25) is 0 Å². The fourth-order valence-electron chi connectivity index (χ4n) is 1.49. The van der Waals surface area contributed by atoms with Gasteiger partial charge in [-0.05, 0) is 26.3 Å². The molecule has 0 bridgehead atoms. The quantitative estimate of drug-likeness (QED) is 0.782. The molecule has 1 rings (SSSR count). The van der Waals surface area contributed by atoms with E-state index in [2.05, 4.69) is 31.1 Å². The Kier molecular flexibility index (Phi) is 5.12. The second-order valence-corrected chi connectivity index (χ2v) is 4.84. The summed E-state index contributed by atoms with van der Waals surface area (Å²) in [6, 6.07) is 0.520. The summed E-state index contributed by atoms with van der Waals surface area (Å²) in [7, 11) is 0. The van der Waals surface area contributed by atoms with Crippen LogP contribution in [0.1, 0.15) is 49.0 Å². The maximum Gasteiger partial charge on any atom is 0.0897 e. The van der Waals surface area contributed by atoms with Gasteiger partial charge >= 0.3 is 0 Å². The Morgan fingerprint density at radius 1 is 1.43 bits per heavy atom. The van der Waals surface area contributed by atoms with Gasteiger partial charge in [0.2, 0.25) is 0 Å². The number of aryl methyl sites for hydroxylation is 1. The van der Waals surface area contributed by atoms with E-state index in [-0.39, 0.29) is 0 Å². The lowest BCUT2D eigenvalue weighted by Crippen LogP contribution is -2.21. The van der Waals surface area contributed by atoms with Gasteiger partial charge in [-0.2, -0.15) is 0 Å². The van der Waals surface area contributed by atoms with Crippen molar-refractivity contribution in [2.45, 2.75) is 46.1 Å². The van der Waals surface area contributed by atoms with Crippen molar-refractivity contribution in [2.24, 2.45) is 0 Å². The highest BCUT2D eigenvalue weighted by atomic mass is 32.1. The molecule has 1 atom stereocenters. The molecule has 1 aromatic rings. The predicted octanol–water partition coefficient (Wildman–Crippen LogP) is 3.29. The zero-order chi connectivity index (χ0) is 10.4. The van der Waals surface area contributed by atoms with Crippen LogP contribution < -0.4 is 5.32 Å². The van der Waals surface area contributed by atoms with Gasteiger partial charge in [0.1, 0.15) is 0 Å². The number of hydrogen-bond donors (Lipinski definition) is 1. The van der Waals surface area contributed by atoms with Crippen LogP contribution in [-0.4, -0.2) is 11.5 Å². The highest BCUT2D eigenvalue weighted by Crippen LogP contribution is 2.24. The molecular formula is C11H20N2S. The number of aromatic nitrogens is 1. The standard InChI is InChI=1S/C11H20N2S/c1-4-6-10(12-7-5-2)11-8-13-9(3)14-11/h8,10,12H,4-7H2,1-3H3. The van der Waals surface area contributed by atoms with Crippen molar-refractivity contribution in [1.82, 2.24) is 10.3 Å². The normalized spacial score (nSPS) is 13.1. The van der Waals surface area contributed by atoms with E-state index in [4.69, 9.17) is 0 Å². The first-order chi connectivity index (χ1) is 6.77.